The Morgan fingerprint density at radius 2 is 1.62 bits per heavy atom. The molecule has 0 aliphatic rings. The molecule has 0 fully saturated rings. The summed E-state index contributed by atoms with van der Waals surface area (Å²) in [6.45, 7) is 4.54. The molecule has 7 nitrogen and oxygen atoms in total. The molecule has 0 atom stereocenters. The van der Waals surface area contributed by atoms with Crippen LogP contribution in [0.25, 0.3) is 5.69 Å². The number of carbonyl (C=O) groups is 2. The van der Waals surface area contributed by atoms with Crippen LogP contribution in [0.1, 0.15) is 34.7 Å². The standard InChI is InChI=1S/C22H22N4O3/c1-15(2)14-23-21(28)17-10-6-7-11-18(17)24-22(29)19-12-13-20(27)26(25-19)16-8-4-3-5-9-16/h3-13,15H,14H2,1-2H3,(H,23,28)(H,24,29). The third-order valence-electron chi connectivity index (χ3n) is 4.12. The van der Waals surface area contributed by atoms with E-state index in [1.54, 1.807) is 48.5 Å². The van der Waals surface area contributed by atoms with Gasteiger partial charge in [-0.05, 0) is 36.2 Å². The summed E-state index contributed by atoms with van der Waals surface area (Å²) in [4.78, 5) is 37.3. The Kier molecular flexibility index (Phi) is 6.19. The fraction of sp³-hybridized carbons (Fsp3) is 0.182. The number of carbonyl (C=O) groups excluding carboxylic acids is 2. The first-order chi connectivity index (χ1) is 14.0. The van der Waals surface area contributed by atoms with Gasteiger partial charge in [0.1, 0.15) is 5.69 Å². The predicted octanol–water partition coefficient (Wildman–Crippen LogP) is 2.87. The summed E-state index contributed by atoms with van der Waals surface area (Å²) >= 11 is 0. The van der Waals surface area contributed by atoms with E-state index in [9.17, 15) is 14.4 Å². The average molecular weight is 390 g/mol. The first-order valence-corrected chi connectivity index (χ1v) is 9.30. The Morgan fingerprint density at radius 3 is 2.34 bits per heavy atom. The van der Waals surface area contributed by atoms with Gasteiger partial charge in [-0.2, -0.15) is 9.78 Å². The molecule has 2 aromatic carbocycles. The van der Waals surface area contributed by atoms with Crippen LogP contribution in [0.3, 0.4) is 0 Å². The number of anilines is 1. The van der Waals surface area contributed by atoms with Gasteiger partial charge in [0.2, 0.25) is 0 Å². The van der Waals surface area contributed by atoms with Crippen molar-refractivity contribution in [3.63, 3.8) is 0 Å². The lowest BCUT2D eigenvalue weighted by atomic mass is 10.1. The molecule has 0 saturated carbocycles. The zero-order chi connectivity index (χ0) is 20.8. The number of nitrogens with one attached hydrogen (secondary N) is 2. The van der Waals surface area contributed by atoms with Crippen molar-refractivity contribution in [3.8, 4) is 5.69 Å². The molecule has 0 aliphatic heterocycles. The van der Waals surface area contributed by atoms with E-state index in [0.29, 0.717) is 29.4 Å². The maximum Gasteiger partial charge on any atom is 0.276 e. The molecule has 3 aromatic rings. The van der Waals surface area contributed by atoms with Crippen LogP contribution in [0.15, 0.2) is 71.5 Å². The van der Waals surface area contributed by atoms with Crippen molar-refractivity contribution in [3.05, 3.63) is 88.3 Å². The summed E-state index contributed by atoms with van der Waals surface area (Å²) < 4.78 is 1.16. The lowest BCUT2D eigenvalue weighted by Gasteiger charge is -2.13. The highest BCUT2D eigenvalue weighted by molar-refractivity contribution is 6.08. The minimum atomic E-state index is -0.515. The summed E-state index contributed by atoms with van der Waals surface area (Å²) in [5.41, 5.74) is 1.00. The Hall–Kier alpha value is -3.74. The average Bonchev–Trinajstić information content (AvgIpc) is 2.73. The molecular formula is C22H22N4O3. The van der Waals surface area contributed by atoms with Crippen molar-refractivity contribution < 1.29 is 9.59 Å². The zero-order valence-corrected chi connectivity index (χ0v) is 16.3. The maximum absolute atomic E-state index is 12.7. The second-order valence-electron chi connectivity index (χ2n) is 6.91. The predicted molar refractivity (Wildman–Crippen MR) is 111 cm³/mol. The van der Waals surface area contributed by atoms with E-state index >= 15 is 0 Å². The highest BCUT2D eigenvalue weighted by atomic mass is 16.2. The molecule has 0 radical (unpaired) electrons. The molecule has 2 N–H and O–H groups in total. The largest absolute Gasteiger partial charge is 0.352 e. The van der Waals surface area contributed by atoms with Gasteiger partial charge >= 0.3 is 0 Å². The molecule has 1 heterocycles. The minimum absolute atomic E-state index is 0.0610. The van der Waals surface area contributed by atoms with Crippen LogP contribution in [-0.2, 0) is 0 Å². The lowest BCUT2D eigenvalue weighted by molar-refractivity contribution is 0.0950. The summed E-state index contributed by atoms with van der Waals surface area (Å²) in [6.07, 6.45) is 0. The Labute approximate surface area is 168 Å². The summed E-state index contributed by atoms with van der Waals surface area (Å²) in [5, 5.41) is 9.72. The molecule has 148 valence electrons. The van der Waals surface area contributed by atoms with Crippen molar-refractivity contribution in [1.82, 2.24) is 15.1 Å². The molecule has 2 amide bonds. The molecule has 0 aliphatic carbocycles. The second-order valence-corrected chi connectivity index (χ2v) is 6.91. The van der Waals surface area contributed by atoms with Crippen molar-refractivity contribution in [2.45, 2.75) is 13.8 Å². The topological polar surface area (TPSA) is 93.1 Å². The van der Waals surface area contributed by atoms with Crippen LogP contribution in [0.5, 0.6) is 0 Å². The van der Waals surface area contributed by atoms with Crippen LogP contribution in [0.2, 0.25) is 0 Å². The molecule has 3 rings (SSSR count). The number of nitrogens with zero attached hydrogens (tertiary/aromatic N) is 2. The molecule has 0 unspecified atom stereocenters. The van der Waals surface area contributed by atoms with Crippen LogP contribution >= 0.6 is 0 Å². The van der Waals surface area contributed by atoms with Crippen LogP contribution < -0.4 is 16.2 Å². The molecule has 1 aromatic heterocycles. The molecule has 7 heteroatoms. The summed E-state index contributed by atoms with van der Waals surface area (Å²) in [6, 6.07) is 18.2. The number of para-hydroxylation sites is 2. The Balaban J connectivity index is 1.85. The van der Waals surface area contributed by atoms with E-state index in [1.807, 2.05) is 19.9 Å². The fourth-order valence-electron chi connectivity index (χ4n) is 2.65. The van der Waals surface area contributed by atoms with Crippen molar-refractivity contribution in [2.24, 2.45) is 5.92 Å². The molecule has 29 heavy (non-hydrogen) atoms. The van der Waals surface area contributed by atoms with Crippen molar-refractivity contribution >= 4 is 17.5 Å². The third kappa shape index (κ3) is 4.95. The van der Waals surface area contributed by atoms with Crippen molar-refractivity contribution in [2.75, 3.05) is 11.9 Å². The molecular weight excluding hydrogens is 368 g/mol. The maximum atomic E-state index is 12.7. The van der Waals surface area contributed by atoms with E-state index < -0.39 is 5.91 Å². The lowest BCUT2D eigenvalue weighted by Crippen LogP contribution is -2.29. The summed E-state index contributed by atoms with van der Waals surface area (Å²) in [7, 11) is 0. The van der Waals surface area contributed by atoms with E-state index in [0.717, 1.165) is 4.68 Å². The molecule has 0 spiro atoms. The Morgan fingerprint density at radius 1 is 0.931 bits per heavy atom. The van der Waals surface area contributed by atoms with Gasteiger partial charge < -0.3 is 10.6 Å². The quantitative estimate of drug-likeness (QED) is 0.677. The van der Waals surface area contributed by atoms with Gasteiger partial charge in [0, 0.05) is 12.6 Å². The normalized spacial score (nSPS) is 10.6. The van der Waals surface area contributed by atoms with E-state index in [-0.39, 0.29) is 17.2 Å². The van der Waals surface area contributed by atoms with E-state index in [2.05, 4.69) is 15.7 Å². The molecule has 0 bridgehead atoms. The number of rotatable bonds is 6. The van der Waals surface area contributed by atoms with Crippen LogP contribution in [0, 0.1) is 5.92 Å². The fourth-order valence-corrected chi connectivity index (χ4v) is 2.65. The number of hydrogen-bond acceptors (Lipinski definition) is 4. The SMILES string of the molecule is CC(C)CNC(=O)c1ccccc1NC(=O)c1ccc(=O)n(-c2ccccc2)n1. The number of benzene rings is 2. The monoisotopic (exact) mass is 390 g/mol. The van der Waals surface area contributed by atoms with Gasteiger partial charge in [-0.15, -0.1) is 0 Å². The van der Waals surface area contributed by atoms with Gasteiger partial charge in [-0.25, -0.2) is 0 Å². The van der Waals surface area contributed by atoms with Gasteiger partial charge in [-0.3, -0.25) is 14.4 Å². The van der Waals surface area contributed by atoms with E-state index in [4.69, 9.17) is 0 Å². The van der Waals surface area contributed by atoms with Gasteiger partial charge in [0.25, 0.3) is 17.4 Å². The van der Waals surface area contributed by atoms with Crippen molar-refractivity contribution in [1.29, 1.82) is 0 Å². The van der Waals surface area contributed by atoms with Gasteiger partial charge in [0.05, 0.1) is 16.9 Å². The van der Waals surface area contributed by atoms with Crippen LogP contribution in [-0.4, -0.2) is 28.1 Å². The highest BCUT2D eigenvalue weighted by Gasteiger charge is 2.16. The third-order valence-corrected chi connectivity index (χ3v) is 4.12. The highest BCUT2D eigenvalue weighted by Crippen LogP contribution is 2.16. The smallest absolute Gasteiger partial charge is 0.276 e. The second kappa shape index (κ2) is 8.97. The Bertz CT molecular complexity index is 1070. The minimum Gasteiger partial charge on any atom is -0.352 e. The first kappa shape index (κ1) is 20.0. The first-order valence-electron chi connectivity index (χ1n) is 9.30. The van der Waals surface area contributed by atoms with Gasteiger partial charge in [0.15, 0.2) is 0 Å². The van der Waals surface area contributed by atoms with Crippen LogP contribution in [0.4, 0.5) is 5.69 Å². The molecule has 0 saturated heterocycles. The van der Waals surface area contributed by atoms with Gasteiger partial charge in [-0.1, -0.05) is 44.2 Å². The number of aromatic nitrogens is 2. The van der Waals surface area contributed by atoms with E-state index in [1.165, 1.54) is 12.1 Å². The summed E-state index contributed by atoms with van der Waals surface area (Å²) in [5.74, 6) is -0.473. The number of hydrogen-bond donors (Lipinski definition) is 2. The number of amides is 2. The zero-order valence-electron chi connectivity index (χ0n) is 16.3.